The fraction of sp³-hybridized carbons (Fsp3) is 0.583. The van der Waals surface area contributed by atoms with Gasteiger partial charge in [0.15, 0.2) is 0 Å². The van der Waals surface area contributed by atoms with Crippen molar-refractivity contribution < 1.29 is 34.1 Å². The predicted molar refractivity (Wildman–Crippen MR) is 64.2 cm³/mol. The zero-order valence-electron chi connectivity index (χ0n) is 10.8. The molecule has 0 amide bonds. The molecule has 0 saturated carbocycles. The highest BCUT2D eigenvalue weighted by atomic mass is 16.5. The molecule has 0 aliphatic heterocycles. The van der Waals surface area contributed by atoms with Gasteiger partial charge in [-0.15, -0.1) is 0 Å². The van der Waals surface area contributed by atoms with E-state index in [1.807, 2.05) is 0 Å². The van der Waals surface area contributed by atoms with Crippen LogP contribution in [-0.4, -0.2) is 47.4 Å². The fourth-order valence-corrected chi connectivity index (χ4v) is 0.964. The molecule has 7 heteroatoms. The Morgan fingerprint density at radius 1 is 1.21 bits per heavy atom. The normalized spacial score (nSPS) is 11.5. The molecule has 0 aromatic heterocycles. The second-order valence-electron chi connectivity index (χ2n) is 3.94. The van der Waals surface area contributed by atoms with Gasteiger partial charge >= 0.3 is 17.9 Å². The molecule has 0 fully saturated rings. The number of aliphatic hydroxyl groups is 1. The van der Waals surface area contributed by atoms with Crippen molar-refractivity contribution in [3.63, 3.8) is 0 Å². The summed E-state index contributed by atoms with van der Waals surface area (Å²) in [6, 6.07) is 0. The third-order valence-electron chi connectivity index (χ3n) is 2.01. The van der Waals surface area contributed by atoms with Gasteiger partial charge in [-0.25, -0.2) is 4.79 Å². The molecule has 0 rings (SSSR count). The van der Waals surface area contributed by atoms with Gasteiger partial charge in [0.2, 0.25) is 0 Å². The summed E-state index contributed by atoms with van der Waals surface area (Å²) in [6.45, 7) is 4.62. The van der Waals surface area contributed by atoms with Gasteiger partial charge in [0.25, 0.3) is 0 Å². The lowest BCUT2D eigenvalue weighted by atomic mass is 10.3. The predicted octanol–water partition coefficient (Wildman–Crippen LogP) is 0.265. The first kappa shape index (κ1) is 17.1. The highest BCUT2D eigenvalue weighted by Crippen LogP contribution is 1.99. The van der Waals surface area contributed by atoms with Gasteiger partial charge in [0.1, 0.15) is 6.61 Å². The van der Waals surface area contributed by atoms with Gasteiger partial charge in [-0.1, -0.05) is 6.58 Å². The van der Waals surface area contributed by atoms with Gasteiger partial charge in [0, 0.05) is 12.0 Å². The average molecular weight is 274 g/mol. The minimum Gasteiger partial charge on any atom is -0.481 e. The number of ether oxygens (including phenoxy) is 2. The molecule has 0 aliphatic carbocycles. The maximum Gasteiger partial charge on any atom is 0.333 e. The van der Waals surface area contributed by atoms with Crippen LogP contribution in [0.15, 0.2) is 12.2 Å². The second kappa shape index (κ2) is 9.09. The summed E-state index contributed by atoms with van der Waals surface area (Å²) in [4.78, 5) is 32.2. The lowest BCUT2D eigenvalue weighted by Gasteiger charge is -2.11. The third kappa shape index (κ3) is 9.78. The van der Waals surface area contributed by atoms with Crippen LogP contribution in [0.4, 0.5) is 0 Å². The monoisotopic (exact) mass is 274 g/mol. The van der Waals surface area contributed by atoms with Crippen LogP contribution >= 0.6 is 0 Å². The van der Waals surface area contributed by atoms with Gasteiger partial charge < -0.3 is 19.7 Å². The maximum atomic E-state index is 11.0. The Morgan fingerprint density at radius 3 is 2.37 bits per heavy atom. The van der Waals surface area contributed by atoms with Crippen LogP contribution in [0.25, 0.3) is 0 Å². The molecule has 0 saturated heterocycles. The van der Waals surface area contributed by atoms with Crippen molar-refractivity contribution in [2.24, 2.45) is 0 Å². The van der Waals surface area contributed by atoms with Crippen LogP contribution in [0.2, 0.25) is 0 Å². The SMILES string of the molecule is C=C(C)C(=O)OCCC(O)COC(=O)CCC(=O)O. The Balaban J connectivity index is 3.66. The van der Waals surface area contributed by atoms with Gasteiger partial charge in [-0.3, -0.25) is 9.59 Å². The molecule has 0 radical (unpaired) electrons. The van der Waals surface area contributed by atoms with E-state index in [1.165, 1.54) is 6.92 Å². The summed E-state index contributed by atoms with van der Waals surface area (Å²) in [5, 5.41) is 17.8. The van der Waals surface area contributed by atoms with E-state index in [-0.39, 0.29) is 38.0 Å². The van der Waals surface area contributed by atoms with E-state index in [9.17, 15) is 19.5 Å². The topological polar surface area (TPSA) is 110 Å². The first-order chi connectivity index (χ1) is 8.82. The molecule has 1 atom stereocenters. The molecule has 0 aliphatic rings. The molecule has 0 spiro atoms. The molecule has 0 bridgehead atoms. The quantitative estimate of drug-likeness (QED) is 0.458. The van der Waals surface area contributed by atoms with E-state index in [0.29, 0.717) is 0 Å². The Kier molecular flexibility index (Phi) is 8.19. The number of aliphatic carboxylic acids is 1. The minimum atomic E-state index is -1.09. The summed E-state index contributed by atoms with van der Waals surface area (Å²) in [5.74, 6) is -2.34. The van der Waals surface area contributed by atoms with E-state index in [1.54, 1.807) is 0 Å². The van der Waals surface area contributed by atoms with Gasteiger partial charge in [-0.05, 0) is 6.92 Å². The van der Waals surface area contributed by atoms with Crippen molar-refractivity contribution in [1.82, 2.24) is 0 Å². The number of hydrogen-bond donors (Lipinski definition) is 2. The maximum absolute atomic E-state index is 11.0. The number of carbonyl (C=O) groups excluding carboxylic acids is 2. The van der Waals surface area contributed by atoms with E-state index in [2.05, 4.69) is 11.3 Å². The van der Waals surface area contributed by atoms with Crippen LogP contribution in [-0.2, 0) is 23.9 Å². The highest BCUT2D eigenvalue weighted by Gasteiger charge is 2.11. The molecule has 0 heterocycles. The number of esters is 2. The summed E-state index contributed by atoms with van der Waals surface area (Å²) < 4.78 is 9.39. The molecule has 0 aromatic carbocycles. The summed E-state index contributed by atoms with van der Waals surface area (Å²) in [5.41, 5.74) is 0.259. The lowest BCUT2D eigenvalue weighted by molar-refractivity contribution is -0.150. The van der Waals surface area contributed by atoms with Crippen molar-refractivity contribution in [2.75, 3.05) is 13.2 Å². The summed E-state index contributed by atoms with van der Waals surface area (Å²) in [6.07, 6.45) is -1.41. The van der Waals surface area contributed by atoms with Crippen molar-refractivity contribution in [3.05, 3.63) is 12.2 Å². The molecular formula is C12H18O7. The Morgan fingerprint density at radius 2 is 1.84 bits per heavy atom. The zero-order valence-corrected chi connectivity index (χ0v) is 10.8. The van der Waals surface area contributed by atoms with E-state index in [4.69, 9.17) is 9.84 Å². The standard InChI is InChI=1S/C12H18O7/c1-8(2)12(17)18-6-5-9(13)7-19-11(16)4-3-10(14)15/h9,13H,1,3-7H2,2H3,(H,14,15). The van der Waals surface area contributed by atoms with Crippen LogP contribution in [0, 0.1) is 0 Å². The first-order valence-electron chi connectivity index (χ1n) is 5.71. The van der Waals surface area contributed by atoms with Crippen molar-refractivity contribution >= 4 is 17.9 Å². The van der Waals surface area contributed by atoms with E-state index in [0.717, 1.165) is 0 Å². The summed E-state index contributed by atoms with van der Waals surface area (Å²) >= 11 is 0. The van der Waals surface area contributed by atoms with Gasteiger partial charge in [-0.2, -0.15) is 0 Å². The van der Waals surface area contributed by atoms with Crippen molar-refractivity contribution in [1.29, 1.82) is 0 Å². The van der Waals surface area contributed by atoms with Crippen LogP contribution < -0.4 is 0 Å². The third-order valence-corrected chi connectivity index (χ3v) is 2.01. The molecule has 2 N–H and O–H groups in total. The molecule has 108 valence electrons. The van der Waals surface area contributed by atoms with E-state index >= 15 is 0 Å². The lowest BCUT2D eigenvalue weighted by Crippen LogP contribution is -2.21. The minimum absolute atomic E-state index is 0.0143. The Hall–Kier alpha value is -1.89. The Labute approximate surface area is 110 Å². The first-order valence-corrected chi connectivity index (χ1v) is 5.71. The smallest absolute Gasteiger partial charge is 0.333 e. The number of rotatable bonds is 9. The van der Waals surface area contributed by atoms with Crippen LogP contribution in [0.1, 0.15) is 26.2 Å². The molecule has 19 heavy (non-hydrogen) atoms. The molecule has 1 unspecified atom stereocenters. The van der Waals surface area contributed by atoms with E-state index < -0.39 is 24.0 Å². The van der Waals surface area contributed by atoms with Crippen LogP contribution in [0.3, 0.4) is 0 Å². The number of hydrogen-bond acceptors (Lipinski definition) is 6. The number of carboxylic acid groups (broad SMARTS) is 1. The highest BCUT2D eigenvalue weighted by molar-refractivity contribution is 5.86. The second-order valence-corrected chi connectivity index (χ2v) is 3.94. The van der Waals surface area contributed by atoms with Crippen molar-refractivity contribution in [2.45, 2.75) is 32.3 Å². The van der Waals surface area contributed by atoms with Crippen LogP contribution in [0.5, 0.6) is 0 Å². The fourth-order valence-electron chi connectivity index (χ4n) is 0.964. The number of carbonyl (C=O) groups is 3. The zero-order chi connectivity index (χ0) is 14.8. The average Bonchev–Trinajstić information content (AvgIpc) is 2.33. The summed E-state index contributed by atoms with van der Waals surface area (Å²) in [7, 11) is 0. The molecular weight excluding hydrogens is 256 g/mol. The molecule has 7 nitrogen and oxygen atoms in total. The van der Waals surface area contributed by atoms with Crippen molar-refractivity contribution in [3.8, 4) is 0 Å². The molecule has 0 aromatic rings. The largest absolute Gasteiger partial charge is 0.481 e. The number of carboxylic acids is 1. The number of aliphatic hydroxyl groups excluding tert-OH is 1. The Bertz CT molecular complexity index is 348. The van der Waals surface area contributed by atoms with Gasteiger partial charge in [0.05, 0.1) is 25.6 Å².